The van der Waals surface area contributed by atoms with E-state index in [2.05, 4.69) is 160 Å². The first-order chi connectivity index (χ1) is 32.0. The SMILES string of the molecule is CC(C)(C)c1cc(CCC(=O)NCCCCCCNC(=O)CCc2cc(Cc3cc(C(C)(C)C)c(O)c(C(C)(C)C)c3)c(O)c(C(C)(C)C)c2)cc(Cc2cc(C(C)(C)C)c(O)c(C(C)(C)C)c2)c1O. The lowest BCUT2D eigenvalue weighted by molar-refractivity contribution is -0.121. The molecule has 4 aromatic carbocycles. The lowest BCUT2D eigenvalue weighted by Crippen LogP contribution is -2.25. The van der Waals surface area contributed by atoms with Crippen molar-refractivity contribution in [2.24, 2.45) is 0 Å². The van der Waals surface area contributed by atoms with E-state index in [9.17, 15) is 30.0 Å². The molecule has 0 aliphatic rings. The average Bonchev–Trinajstić information content (AvgIpc) is 3.20. The van der Waals surface area contributed by atoms with Crippen LogP contribution in [0.2, 0.25) is 0 Å². The molecule has 0 aromatic heterocycles. The van der Waals surface area contributed by atoms with E-state index < -0.39 is 0 Å². The van der Waals surface area contributed by atoms with Gasteiger partial charge in [0.15, 0.2) is 0 Å². The van der Waals surface area contributed by atoms with Gasteiger partial charge in [0.05, 0.1) is 0 Å². The molecule has 0 aliphatic carbocycles. The van der Waals surface area contributed by atoms with E-state index in [1.54, 1.807) is 0 Å². The summed E-state index contributed by atoms with van der Waals surface area (Å²) in [6.45, 7) is 39.0. The van der Waals surface area contributed by atoms with Crippen molar-refractivity contribution in [3.8, 4) is 23.0 Å². The van der Waals surface area contributed by atoms with Crippen LogP contribution in [0.1, 0.15) is 230 Å². The van der Waals surface area contributed by atoms with Crippen LogP contribution in [0.4, 0.5) is 0 Å². The van der Waals surface area contributed by atoms with Gasteiger partial charge in [-0.15, -0.1) is 0 Å². The molecule has 0 aliphatic heterocycles. The van der Waals surface area contributed by atoms with Crippen molar-refractivity contribution < 1.29 is 30.0 Å². The molecule has 0 heterocycles. The number of hydrogen-bond acceptors (Lipinski definition) is 6. The van der Waals surface area contributed by atoms with Crippen LogP contribution in [-0.2, 0) is 67.8 Å². The van der Waals surface area contributed by atoms with Gasteiger partial charge in [0.1, 0.15) is 23.0 Å². The van der Waals surface area contributed by atoms with Gasteiger partial charge in [0.25, 0.3) is 0 Å². The monoisotopic (exact) mass is 961 g/mol. The van der Waals surface area contributed by atoms with Crippen molar-refractivity contribution in [2.75, 3.05) is 13.1 Å². The molecule has 6 N–H and O–H groups in total. The van der Waals surface area contributed by atoms with Crippen LogP contribution in [0, 0.1) is 0 Å². The molecule has 2 amide bonds. The first kappa shape index (κ1) is 57.6. The van der Waals surface area contributed by atoms with Crippen molar-refractivity contribution in [2.45, 2.75) is 221 Å². The van der Waals surface area contributed by atoms with E-state index in [0.717, 1.165) is 92.4 Å². The summed E-state index contributed by atoms with van der Waals surface area (Å²) in [5, 5.41) is 52.0. The minimum Gasteiger partial charge on any atom is -0.507 e. The molecule has 70 heavy (non-hydrogen) atoms. The molecule has 0 bridgehead atoms. The van der Waals surface area contributed by atoms with Gasteiger partial charge in [0.2, 0.25) is 11.8 Å². The zero-order chi connectivity index (χ0) is 52.9. The average molecular weight is 961 g/mol. The smallest absolute Gasteiger partial charge is 0.220 e. The minimum absolute atomic E-state index is 0.00226. The van der Waals surface area contributed by atoms with E-state index in [-0.39, 0.29) is 55.8 Å². The third-order valence-electron chi connectivity index (χ3n) is 13.5. The molecule has 0 spiro atoms. The van der Waals surface area contributed by atoms with Crippen LogP contribution in [0.25, 0.3) is 0 Å². The van der Waals surface area contributed by atoms with Crippen molar-refractivity contribution in [3.05, 3.63) is 115 Å². The maximum Gasteiger partial charge on any atom is 0.220 e. The van der Waals surface area contributed by atoms with Crippen LogP contribution in [0.15, 0.2) is 48.5 Å². The largest absolute Gasteiger partial charge is 0.507 e. The number of aryl methyl sites for hydroxylation is 2. The second-order valence-electron chi connectivity index (χ2n) is 26.3. The number of phenolic OH excluding ortho intramolecular Hbond substituents is 4. The van der Waals surface area contributed by atoms with E-state index in [1.807, 2.05) is 24.3 Å². The topological polar surface area (TPSA) is 139 Å². The quantitative estimate of drug-likeness (QED) is 0.0583. The zero-order valence-electron chi connectivity index (χ0n) is 46.7. The standard InChI is InChI=1S/C62H92N2O6/c1-57(2,3)45-33-39(29-43(53(45)67)31-41-35-47(59(7,8)9)55(69)48(36-41)60(10,11)12)23-25-51(65)63-27-21-19-20-22-28-64-52(66)26-24-40-30-44(54(68)46(34-40)58(4,5)6)32-42-37-49(61(13,14)15)56(70)50(38-42)62(16,17)18/h29-30,33-38,67-70H,19-28,31-32H2,1-18H3,(H,63,65)(H,64,66). The summed E-state index contributed by atoms with van der Waals surface area (Å²) in [5.41, 5.74) is 9.33. The fourth-order valence-corrected chi connectivity index (χ4v) is 9.29. The molecule has 8 heteroatoms. The predicted octanol–water partition coefficient (Wildman–Crippen LogP) is 13.8. The fraction of sp³-hybridized carbons (Fsp3) is 0.581. The highest BCUT2D eigenvalue weighted by atomic mass is 16.3. The van der Waals surface area contributed by atoms with Gasteiger partial charge in [-0.2, -0.15) is 0 Å². The third kappa shape index (κ3) is 15.8. The number of rotatable bonds is 17. The van der Waals surface area contributed by atoms with Gasteiger partial charge in [-0.05, 0) is 125 Å². The van der Waals surface area contributed by atoms with Crippen molar-refractivity contribution >= 4 is 11.8 Å². The Balaban J connectivity index is 1.28. The van der Waals surface area contributed by atoms with Crippen molar-refractivity contribution in [1.29, 1.82) is 0 Å². The summed E-state index contributed by atoms with van der Waals surface area (Å²) >= 11 is 0. The lowest BCUT2D eigenvalue weighted by Gasteiger charge is -2.28. The summed E-state index contributed by atoms with van der Waals surface area (Å²) < 4.78 is 0. The second kappa shape index (κ2) is 22.2. The Morgan fingerprint density at radius 3 is 0.857 bits per heavy atom. The molecule has 386 valence electrons. The van der Waals surface area contributed by atoms with Gasteiger partial charge in [-0.3, -0.25) is 9.59 Å². The maximum atomic E-state index is 13.0. The van der Waals surface area contributed by atoms with Gasteiger partial charge in [0, 0.05) is 38.8 Å². The van der Waals surface area contributed by atoms with E-state index >= 15 is 0 Å². The number of aromatic hydroxyl groups is 4. The molecule has 0 saturated carbocycles. The molecule has 0 radical (unpaired) electrons. The Morgan fingerprint density at radius 1 is 0.357 bits per heavy atom. The number of benzene rings is 4. The Kier molecular flexibility index (Phi) is 18.3. The van der Waals surface area contributed by atoms with Crippen LogP contribution < -0.4 is 10.6 Å². The number of hydrogen-bond donors (Lipinski definition) is 6. The summed E-state index contributed by atoms with van der Waals surface area (Å²) in [6, 6.07) is 16.4. The number of nitrogens with one attached hydrogen (secondary N) is 2. The molecular formula is C62H92N2O6. The summed E-state index contributed by atoms with van der Waals surface area (Å²) in [6.07, 6.45) is 6.42. The summed E-state index contributed by atoms with van der Waals surface area (Å²) in [7, 11) is 0. The zero-order valence-corrected chi connectivity index (χ0v) is 46.7. The third-order valence-corrected chi connectivity index (χ3v) is 13.5. The van der Waals surface area contributed by atoms with E-state index in [0.29, 0.717) is 63.1 Å². The Hall–Kier alpha value is -4.98. The normalized spacial score (nSPS) is 12.9. The molecule has 0 unspecified atom stereocenters. The van der Waals surface area contributed by atoms with Crippen LogP contribution >= 0.6 is 0 Å². The summed E-state index contributed by atoms with van der Waals surface area (Å²) in [5.74, 6) is 1.25. The number of carbonyl (C=O) groups is 2. The number of carbonyl (C=O) groups excluding carboxylic acids is 2. The highest BCUT2D eigenvalue weighted by Crippen LogP contribution is 2.44. The lowest BCUT2D eigenvalue weighted by atomic mass is 9.77. The molecule has 0 atom stereocenters. The maximum absolute atomic E-state index is 13.0. The predicted molar refractivity (Wildman–Crippen MR) is 291 cm³/mol. The van der Waals surface area contributed by atoms with Gasteiger partial charge in [-0.25, -0.2) is 0 Å². The number of unbranched alkanes of at least 4 members (excludes halogenated alkanes) is 3. The Morgan fingerprint density at radius 2 is 0.600 bits per heavy atom. The molecule has 0 saturated heterocycles. The van der Waals surface area contributed by atoms with Crippen LogP contribution in [0.5, 0.6) is 23.0 Å². The van der Waals surface area contributed by atoms with E-state index in [4.69, 9.17) is 0 Å². The first-order valence-corrected chi connectivity index (χ1v) is 26.0. The highest BCUT2D eigenvalue weighted by Gasteiger charge is 2.30. The Labute approximate surface area is 423 Å². The molecule has 4 rings (SSSR count). The van der Waals surface area contributed by atoms with Crippen molar-refractivity contribution in [1.82, 2.24) is 10.6 Å². The number of amides is 2. The molecule has 8 nitrogen and oxygen atoms in total. The molecule has 0 fully saturated rings. The second-order valence-corrected chi connectivity index (χ2v) is 26.3. The summed E-state index contributed by atoms with van der Waals surface area (Å²) in [4.78, 5) is 26.1. The fourth-order valence-electron chi connectivity index (χ4n) is 9.29. The Bertz CT molecular complexity index is 2230. The van der Waals surface area contributed by atoms with Gasteiger partial charge >= 0.3 is 0 Å². The van der Waals surface area contributed by atoms with Crippen LogP contribution in [0.3, 0.4) is 0 Å². The highest BCUT2D eigenvalue weighted by molar-refractivity contribution is 5.76. The van der Waals surface area contributed by atoms with Gasteiger partial charge in [-0.1, -0.05) is 186 Å². The molecular weight excluding hydrogens is 869 g/mol. The van der Waals surface area contributed by atoms with Crippen LogP contribution in [-0.4, -0.2) is 45.3 Å². The van der Waals surface area contributed by atoms with E-state index in [1.165, 1.54) is 0 Å². The number of phenols is 4. The molecule has 4 aromatic rings. The van der Waals surface area contributed by atoms with Gasteiger partial charge < -0.3 is 31.1 Å². The van der Waals surface area contributed by atoms with Crippen molar-refractivity contribution in [3.63, 3.8) is 0 Å². The minimum atomic E-state index is -0.303. The first-order valence-electron chi connectivity index (χ1n) is 26.0.